The van der Waals surface area contributed by atoms with Gasteiger partial charge in [0.1, 0.15) is 11.8 Å². The minimum absolute atomic E-state index is 0.0281. The highest BCUT2D eigenvalue weighted by atomic mass is 16.5. The maximum absolute atomic E-state index is 13.0. The van der Waals surface area contributed by atoms with Gasteiger partial charge in [0.25, 0.3) is 5.91 Å². The predicted molar refractivity (Wildman–Crippen MR) is 100 cm³/mol. The lowest BCUT2D eigenvalue weighted by Gasteiger charge is -2.32. The Bertz CT molecular complexity index is 911. The molecule has 1 aromatic carbocycles. The van der Waals surface area contributed by atoms with Crippen molar-refractivity contribution in [3.05, 3.63) is 60.4 Å². The van der Waals surface area contributed by atoms with Crippen molar-refractivity contribution in [2.45, 2.75) is 18.9 Å². The van der Waals surface area contributed by atoms with E-state index in [1.807, 2.05) is 41.3 Å². The summed E-state index contributed by atoms with van der Waals surface area (Å²) in [6.07, 6.45) is 3.30. The fourth-order valence-electron chi connectivity index (χ4n) is 3.32. The van der Waals surface area contributed by atoms with Crippen molar-refractivity contribution in [3.8, 4) is 17.1 Å². The Hall–Kier alpha value is -3.22. The molecule has 1 atom stereocenters. The van der Waals surface area contributed by atoms with Crippen molar-refractivity contribution in [3.63, 3.8) is 0 Å². The van der Waals surface area contributed by atoms with Gasteiger partial charge in [0.15, 0.2) is 0 Å². The monoisotopic (exact) mass is 363 g/mol. The molecule has 1 amide bonds. The van der Waals surface area contributed by atoms with E-state index in [1.54, 1.807) is 30.1 Å². The summed E-state index contributed by atoms with van der Waals surface area (Å²) in [6, 6.07) is 15.3. The van der Waals surface area contributed by atoms with Crippen LogP contribution in [0.5, 0.6) is 5.88 Å². The van der Waals surface area contributed by atoms with Gasteiger partial charge in [-0.05, 0) is 25.0 Å². The van der Waals surface area contributed by atoms with Crippen LogP contribution in [-0.2, 0) is 7.05 Å². The number of carbonyl (C=O) groups is 1. The van der Waals surface area contributed by atoms with Gasteiger partial charge in [-0.15, -0.1) is 5.10 Å². The number of nitrogens with zero attached hydrogens (tertiary/aromatic N) is 5. The molecule has 1 aliphatic heterocycles. The minimum atomic E-state index is -0.0822. The van der Waals surface area contributed by atoms with Crippen molar-refractivity contribution in [2.24, 2.45) is 7.05 Å². The molecule has 0 saturated carbocycles. The molecular formula is C20H21N5O2. The van der Waals surface area contributed by atoms with Crippen LogP contribution in [0.15, 0.2) is 54.7 Å². The fraction of sp³-hybridized carbons (Fsp3) is 0.300. The first kappa shape index (κ1) is 17.2. The first-order valence-corrected chi connectivity index (χ1v) is 9.04. The van der Waals surface area contributed by atoms with Gasteiger partial charge in [0.2, 0.25) is 5.88 Å². The Morgan fingerprint density at radius 1 is 1.19 bits per heavy atom. The van der Waals surface area contributed by atoms with Crippen LogP contribution >= 0.6 is 0 Å². The second kappa shape index (κ2) is 7.57. The summed E-state index contributed by atoms with van der Waals surface area (Å²) in [4.78, 5) is 14.9. The quantitative estimate of drug-likeness (QED) is 0.712. The highest BCUT2D eigenvalue weighted by Crippen LogP contribution is 2.22. The Kier molecular flexibility index (Phi) is 4.82. The smallest absolute Gasteiger partial charge is 0.272 e. The van der Waals surface area contributed by atoms with Crippen molar-refractivity contribution in [1.82, 2.24) is 24.9 Å². The summed E-state index contributed by atoms with van der Waals surface area (Å²) in [7, 11) is 1.80. The number of amides is 1. The van der Waals surface area contributed by atoms with E-state index in [1.165, 1.54) is 0 Å². The molecule has 1 saturated heterocycles. The molecule has 1 fully saturated rings. The molecule has 1 aliphatic rings. The van der Waals surface area contributed by atoms with Crippen LogP contribution in [0.2, 0.25) is 0 Å². The molecule has 4 rings (SSSR count). The van der Waals surface area contributed by atoms with Gasteiger partial charge in [0.05, 0.1) is 12.2 Å². The maximum atomic E-state index is 13.0. The van der Waals surface area contributed by atoms with E-state index >= 15 is 0 Å². The van der Waals surface area contributed by atoms with Crippen LogP contribution in [0.1, 0.15) is 23.3 Å². The number of likely N-dealkylation sites (tertiary alicyclic amines) is 1. The Morgan fingerprint density at radius 2 is 2.04 bits per heavy atom. The molecular weight excluding hydrogens is 342 g/mol. The van der Waals surface area contributed by atoms with Crippen molar-refractivity contribution in [1.29, 1.82) is 0 Å². The summed E-state index contributed by atoms with van der Waals surface area (Å²) in [6.45, 7) is 1.24. The Morgan fingerprint density at radius 3 is 2.81 bits per heavy atom. The topological polar surface area (TPSA) is 73.1 Å². The number of aromatic nitrogens is 4. The summed E-state index contributed by atoms with van der Waals surface area (Å²) >= 11 is 0. The molecule has 0 radical (unpaired) electrons. The zero-order chi connectivity index (χ0) is 18.6. The molecule has 0 N–H and O–H groups in total. The number of ether oxygens (including phenoxy) is 1. The van der Waals surface area contributed by atoms with E-state index in [-0.39, 0.29) is 12.0 Å². The molecule has 3 heterocycles. The summed E-state index contributed by atoms with van der Waals surface area (Å²) < 4.78 is 7.54. The molecule has 2 aromatic heterocycles. The van der Waals surface area contributed by atoms with Crippen molar-refractivity contribution < 1.29 is 9.53 Å². The van der Waals surface area contributed by atoms with Crippen LogP contribution in [-0.4, -0.2) is 50.0 Å². The standard InChI is InChI=1S/C20H21N5O2/c1-24-18(13-17(23-24)15-7-3-2-4-8-15)20(26)25-12-6-9-16(14-25)27-19-10-5-11-21-22-19/h2-5,7-8,10-11,13,16H,6,9,12,14H2,1H3. The molecule has 7 nitrogen and oxygen atoms in total. The fourth-order valence-corrected chi connectivity index (χ4v) is 3.32. The van der Waals surface area contributed by atoms with E-state index in [0.29, 0.717) is 24.7 Å². The number of rotatable bonds is 4. The van der Waals surface area contributed by atoms with E-state index < -0.39 is 0 Å². The second-order valence-corrected chi connectivity index (χ2v) is 6.60. The molecule has 0 bridgehead atoms. The van der Waals surface area contributed by atoms with Gasteiger partial charge in [-0.2, -0.15) is 10.2 Å². The lowest BCUT2D eigenvalue weighted by Crippen LogP contribution is -2.45. The van der Waals surface area contributed by atoms with E-state index in [0.717, 1.165) is 24.1 Å². The Labute approximate surface area is 157 Å². The normalized spacial score (nSPS) is 16.9. The van der Waals surface area contributed by atoms with Gasteiger partial charge in [0, 0.05) is 31.4 Å². The van der Waals surface area contributed by atoms with Crippen LogP contribution in [0.25, 0.3) is 11.3 Å². The highest BCUT2D eigenvalue weighted by molar-refractivity contribution is 5.93. The Balaban J connectivity index is 1.48. The zero-order valence-corrected chi connectivity index (χ0v) is 15.2. The number of benzene rings is 1. The molecule has 7 heteroatoms. The highest BCUT2D eigenvalue weighted by Gasteiger charge is 2.28. The first-order chi connectivity index (χ1) is 13.2. The van der Waals surface area contributed by atoms with Crippen molar-refractivity contribution in [2.75, 3.05) is 13.1 Å². The first-order valence-electron chi connectivity index (χ1n) is 9.04. The van der Waals surface area contributed by atoms with Crippen LogP contribution in [0.3, 0.4) is 0 Å². The maximum Gasteiger partial charge on any atom is 0.272 e. The zero-order valence-electron chi connectivity index (χ0n) is 15.2. The summed E-state index contributed by atoms with van der Waals surface area (Å²) in [5, 5.41) is 12.3. The van der Waals surface area contributed by atoms with Crippen LogP contribution in [0, 0.1) is 0 Å². The molecule has 27 heavy (non-hydrogen) atoms. The summed E-state index contributed by atoms with van der Waals surface area (Å²) in [5.74, 6) is 0.461. The largest absolute Gasteiger partial charge is 0.471 e. The molecule has 0 spiro atoms. The lowest BCUT2D eigenvalue weighted by atomic mass is 10.1. The minimum Gasteiger partial charge on any atom is -0.471 e. The number of carbonyl (C=O) groups excluding carboxylic acids is 1. The number of aryl methyl sites for hydroxylation is 1. The van der Waals surface area contributed by atoms with Crippen LogP contribution < -0.4 is 4.74 Å². The molecule has 0 aliphatic carbocycles. The van der Waals surface area contributed by atoms with Crippen molar-refractivity contribution >= 4 is 5.91 Å². The molecule has 1 unspecified atom stereocenters. The van der Waals surface area contributed by atoms with Gasteiger partial charge in [-0.25, -0.2) is 0 Å². The number of piperidine rings is 1. The lowest BCUT2D eigenvalue weighted by molar-refractivity contribution is 0.0516. The third-order valence-electron chi connectivity index (χ3n) is 4.67. The van der Waals surface area contributed by atoms with Gasteiger partial charge < -0.3 is 9.64 Å². The van der Waals surface area contributed by atoms with Gasteiger partial charge >= 0.3 is 0 Å². The average molecular weight is 363 g/mol. The second-order valence-electron chi connectivity index (χ2n) is 6.60. The number of hydrogen-bond acceptors (Lipinski definition) is 5. The SMILES string of the molecule is Cn1nc(-c2ccccc2)cc1C(=O)N1CCCC(Oc2cccnn2)C1. The third kappa shape index (κ3) is 3.81. The number of hydrogen-bond donors (Lipinski definition) is 0. The van der Waals surface area contributed by atoms with E-state index in [4.69, 9.17) is 4.74 Å². The molecule has 3 aromatic rings. The van der Waals surface area contributed by atoms with Crippen LogP contribution in [0.4, 0.5) is 0 Å². The average Bonchev–Trinajstić information content (AvgIpc) is 3.11. The van der Waals surface area contributed by atoms with E-state index in [2.05, 4.69) is 15.3 Å². The van der Waals surface area contributed by atoms with Gasteiger partial charge in [-0.1, -0.05) is 30.3 Å². The predicted octanol–water partition coefficient (Wildman–Crippen LogP) is 2.56. The van der Waals surface area contributed by atoms with E-state index in [9.17, 15) is 4.79 Å². The van der Waals surface area contributed by atoms with Gasteiger partial charge in [-0.3, -0.25) is 9.48 Å². The summed E-state index contributed by atoms with van der Waals surface area (Å²) in [5.41, 5.74) is 2.37. The third-order valence-corrected chi connectivity index (χ3v) is 4.67. The molecule has 138 valence electrons.